The Hall–Kier alpha value is -5.64. The van der Waals surface area contributed by atoms with Crippen LogP contribution in [0.2, 0.25) is 0 Å². The highest BCUT2D eigenvalue weighted by atomic mass is 16.5. The average Bonchev–Trinajstić information content (AvgIpc) is 2.96. The Kier molecular flexibility index (Phi) is 6.38. The molecule has 1 aliphatic heterocycles. The van der Waals surface area contributed by atoms with Crippen molar-refractivity contribution in [3.05, 3.63) is 88.1 Å². The third-order valence-corrected chi connectivity index (χ3v) is 7.19. The maximum atomic E-state index is 13.3. The lowest BCUT2D eigenvalue weighted by Crippen LogP contribution is -2.21. The summed E-state index contributed by atoms with van der Waals surface area (Å²) in [6, 6.07) is 16.3. The Bertz CT molecular complexity index is 1940. The van der Waals surface area contributed by atoms with Crippen LogP contribution in [0.5, 0.6) is 40.2 Å². The third-order valence-electron chi connectivity index (χ3n) is 7.19. The van der Waals surface area contributed by atoms with Gasteiger partial charge in [0.05, 0.1) is 26.2 Å². The van der Waals surface area contributed by atoms with Crippen molar-refractivity contribution in [3.63, 3.8) is 0 Å². The standard InChI is InChI=1S/C32H24O10/c1-39-18-6-3-15(4-7-18)26-14-24(38)31-22(36)12-21(35)29(32(31)42-26)19-9-16(5-8-25(19)40-2)27-13-23(37)30-20(34)10-17(33)11-28(30)41-27/h3-13,26,33-36H,14H2,1-2H3/t26-/m1/s1. The minimum Gasteiger partial charge on any atom is -0.508 e. The van der Waals surface area contributed by atoms with E-state index in [9.17, 15) is 30.0 Å². The first-order valence-corrected chi connectivity index (χ1v) is 12.8. The zero-order valence-corrected chi connectivity index (χ0v) is 22.4. The van der Waals surface area contributed by atoms with E-state index in [0.29, 0.717) is 22.6 Å². The summed E-state index contributed by atoms with van der Waals surface area (Å²) in [5.74, 6) is -0.909. The SMILES string of the molecule is COc1ccc([C@H]2CC(=O)c3c(O)cc(O)c(-c4cc(-c5cc(=O)c6c(O)cc(O)cc6o5)ccc4OC)c3O2)cc1. The summed E-state index contributed by atoms with van der Waals surface area (Å²) in [5, 5.41) is 41.7. The van der Waals surface area contributed by atoms with Gasteiger partial charge in [0.2, 0.25) is 0 Å². The maximum Gasteiger partial charge on any atom is 0.197 e. The number of aromatic hydroxyl groups is 4. The van der Waals surface area contributed by atoms with Crippen LogP contribution in [0.15, 0.2) is 75.9 Å². The molecule has 0 saturated heterocycles. The number of fused-ring (bicyclic) bond motifs is 2. The van der Waals surface area contributed by atoms with E-state index in [0.717, 1.165) is 12.1 Å². The van der Waals surface area contributed by atoms with Gasteiger partial charge in [-0.1, -0.05) is 12.1 Å². The van der Waals surface area contributed by atoms with E-state index < -0.39 is 23.0 Å². The molecule has 0 aliphatic carbocycles. The number of carbonyl (C=O) groups excluding carboxylic acids is 1. The molecule has 10 heteroatoms. The van der Waals surface area contributed by atoms with Crippen molar-refractivity contribution in [3.8, 4) is 62.7 Å². The minimum absolute atomic E-state index is 0.0326. The van der Waals surface area contributed by atoms with Gasteiger partial charge in [0.25, 0.3) is 0 Å². The summed E-state index contributed by atoms with van der Waals surface area (Å²) >= 11 is 0. The number of Topliss-reactive ketones (excluding diaryl/α,β-unsaturated/α-hetero) is 1. The van der Waals surface area contributed by atoms with E-state index in [-0.39, 0.29) is 62.9 Å². The molecule has 0 bridgehead atoms. The van der Waals surface area contributed by atoms with E-state index in [1.807, 2.05) is 0 Å². The second kappa shape index (κ2) is 10.1. The summed E-state index contributed by atoms with van der Waals surface area (Å²) < 4.78 is 22.9. The number of ketones is 1. The Morgan fingerprint density at radius 2 is 1.52 bits per heavy atom. The molecule has 0 saturated carbocycles. The molecule has 4 N–H and O–H groups in total. The number of hydrogen-bond acceptors (Lipinski definition) is 10. The predicted molar refractivity (Wildman–Crippen MR) is 152 cm³/mol. The van der Waals surface area contributed by atoms with Gasteiger partial charge in [-0.05, 0) is 35.9 Å². The largest absolute Gasteiger partial charge is 0.508 e. The van der Waals surface area contributed by atoms with Crippen LogP contribution in [0.1, 0.15) is 28.4 Å². The number of ether oxygens (including phenoxy) is 3. The van der Waals surface area contributed by atoms with Gasteiger partial charge in [0.1, 0.15) is 68.6 Å². The van der Waals surface area contributed by atoms with E-state index in [1.165, 1.54) is 19.2 Å². The number of benzene rings is 4. The number of rotatable bonds is 5. The Labute approximate surface area is 238 Å². The van der Waals surface area contributed by atoms with Crippen molar-refractivity contribution < 1.29 is 43.8 Å². The number of phenols is 4. The Balaban J connectivity index is 1.53. The molecule has 1 aliphatic rings. The first kappa shape index (κ1) is 26.6. The fourth-order valence-corrected chi connectivity index (χ4v) is 5.19. The predicted octanol–water partition coefficient (Wildman–Crippen LogP) is 5.67. The topological polar surface area (TPSA) is 156 Å². The highest BCUT2D eigenvalue weighted by molar-refractivity contribution is 6.06. The van der Waals surface area contributed by atoms with Gasteiger partial charge in [-0.2, -0.15) is 0 Å². The van der Waals surface area contributed by atoms with Gasteiger partial charge in [0.15, 0.2) is 11.2 Å². The second-order valence-electron chi connectivity index (χ2n) is 9.73. The van der Waals surface area contributed by atoms with E-state index in [1.54, 1.807) is 49.6 Å². The van der Waals surface area contributed by atoms with Gasteiger partial charge in [-0.3, -0.25) is 9.59 Å². The molecule has 4 aromatic carbocycles. The first-order valence-electron chi connectivity index (χ1n) is 12.8. The molecule has 0 spiro atoms. The number of phenolic OH excluding ortho intramolecular Hbond substituents is 4. The van der Waals surface area contributed by atoms with Crippen LogP contribution in [-0.4, -0.2) is 40.4 Å². The molecule has 0 radical (unpaired) electrons. The molecule has 0 amide bonds. The fourth-order valence-electron chi connectivity index (χ4n) is 5.19. The van der Waals surface area contributed by atoms with Crippen LogP contribution in [0.25, 0.3) is 33.4 Å². The highest BCUT2D eigenvalue weighted by Gasteiger charge is 2.35. The zero-order valence-electron chi connectivity index (χ0n) is 22.4. The van der Waals surface area contributed by atoms with Crippen molar-refractivity contribution in [2.75, 3.05) is 14.2 Å². The molecule has 0 fully saturated rings. The summed E-state index contributed by atoms with van der Waals surface area (Å²) in [4.78, 5) is 26.2. The van der Waals surface area contributed by atoms with Gasteiger partial charge in [-0.25, -0.2) is 0 Å². The lowest BCUT2D eigenvalue weighted by Gasteiger charge is -2.29. The molecular formula is C32H24O10. The number of carbonyl (C=O) groups is 1. The molecule has 10 nitrogen and oxygen atoms in total. The first-order chi connectivity index (χ1) is 20.2. The lowest BCUT2D eigenvalue weighted by atomic mass is 9.90. The van der Waals surface area contributed by atoms with Crippen LogP contribution < -0.4 is 19.6 Å². The van der Waals surface area contributed by atoms with E-state index >= 15 is 0 Å². The normalized spacial score (nSPS) is 14.3. The van der Waals surface area contributed by atoms with Gasteiger partial charge in [-0.15, -0.1) is 0 Å². The molecule has 42 heavy (non-hydrogen) atoms. The maximum absolute atomic E-state index is 13.3. The van der Waals surface area contributed by atoms with Crippen LogP contribution in [-0.2, 0) is 0 Å². The molecular weight excluding hydrogens is 544 g/mol. The number of hydrogen-bond donors (Lipinski definition) is 4. The van der Waals surface area contributed by atoms with Gasteiger partial charge in [0, 0.05) is 35.4 Å². The quantitative estimate of drug-likeness (QED) is 0.208. The zero-order chi connectivity index (χ0) is 29.7. The van der Waals surface area contributed by atoms with Gasteiger partial charge < -0.3 is 39.1 Å². The fraction of sp³-hybridized carbons (Fsp3) is 0.125. The van der Waals surface area contributed by atoms with Crippen LogP contribution in [0.3, 0.4) is 0 Å². The molecule has 0 unspecified atom stereocenters. The highest BCUT2D eigenvalue weighted by Crippen LogP contribution is 2.52. The smallest absolute Gasteiger partial charge is 0.197 e. The van der Waals surface area contributed by atoms with Crippen molar-refractivity contribution in [1.82, 2.24) is 0 Å². The molecule has 1 aromatic heterocycles. The molecule has 212 valence electrons. The second-order valence-corrected chi connectivity index (χ2v) is 9.73. The van der Waals surface area contributed by atoms with E-state index in [4.69, 9.17) is 18.6 Å². The molecule has 5 aromatic rings. The van der Waals surface area contributed by atoms with Crippen LogP contribution >= 0.6 is 0 Å². The van der Waals surface area contributed by atoms with E-state index in [2.05, 4.69) is 0 Å². The van der Waals surface area contributed by atoms with Crippen molar-refractivity contribution in [2.24, 2.45) is 0 Å². The van der Waals surface area contributed by atoms with Gasteiger partial charge >= 0.3 is 0 Å². The Morgan fingerprint density at radius 3 is 2.24 bits per heavy atom. The lowest BCUT2D eigenvalue weighted by molar-refractivity contribution is 0.0846. The van der Waals surface area contributed by atoms with Crippen LogP contribution in [0, 0.1) is 0 Å². The van der Waals surface area contributed by atoms with Crippen LogP contribution in [0.4, 0.5) is 0 Å². The third kappa shape index (κ3) is 4.39. The summed E-state index contributed by atoms with van der Waals surface area (Å²) in [6.07, 6.45) is -0.764. The average molecular weight is 569 g/mol. The Morgan fingerprint density at radius 1 is 0.786 bits per heavy atom. The summed E-state index contributed by atoms with van der Waals surface area (Å²) in [5.41, 5.74) is 0.787. The van der Waals surface area contributed by atoms with Crippen molar-refractivity contribution in [1.29, 1.82) is 0 Å². The molecule has 6 rings (SSSR count). The minimum atomic E-state index is -0.719. The molecule has 1 atom stereocenters. The summed E-state index contributed by atoms with van der Waals surface area (Å²) in [6.45, 7) is 0. The monoisotopic (exact) mass is 568 g/mol. The number of methoxy groups -OCH3 is 2. The summed E-state index contributed by atoms with van der Waals surface area (Å²) in [7, 11) is 2.97. The van der Waals surface area contributed by atoms with Crippen molar-refractivity contribution >= 4 is 16.8 Å². The van der Waals surface area contributed by atoms with Crippen molar-refractivity contribution in [2.45, 2.75) is 12.5 Å². The molecule has 2 heterocycles.